The highest BCUT2D eigenvalue weighted by molar-refractivity contribution is 7.99. The van der Waals surface area contributed by atoms with Crippen LogP contribution in [0, 0.1) is 0 Å². The number of rotatable bonds is 6. The molecule has 1 saturated heterocycles. The van der Waals surface area contributed by atoms with Crippen LogP contribution in [0.5, 0.6) is 0 Å². The fourth-order valence-electron chi connectivity index (χ4n) is 2.46. The highest BCUT2D eigenvalue weighted by atomic mass is 35.5. The Kier molecular flexibility index (Phi) is 6.18. The van der Waals surface area contributed by atoms with Crippen molar-refractivity contribution in [2.24, 2.45) is 0 Å². The summed E-state index contributed by atoms with van der Waals surface area (Å²) in [6.45, 7) is 3.86. The maximum atomic E-state index is 10.6. The molecule has 20 heavy (non-hydrogen) atoms. The minimum Gasteiger partial charge on any atom is -0.389 e. The number of aliphatic hydroxyl groups excluding tert-OH is 1. The van der Waals surface area contributed by atoms with Crippen LogP contribution in [0.4, 0.5) is 0 Å². The van der Waals surface area contributed by atoms with Crippen molar-refractivity contribution in [3.63, 3.8) is 0 Å². The lowest BCUT2D eigenvalue weighted by atomic mass is 9.88. The third-order valence-corrected chi connectivity index (χ3v) is 5.20. The normalized spacial score (nSPS) is 19.8. The molecular weight excluding hydrogens is 296 g/mol. The molecule has 5 heteroatoms. The maximum absolute atomic E-state index is 10.6. The number of hydrogen-bond donors (Lipinski definition) is 1. The Morgan fingerprint density at radius 1 is 1.40 bits per heavy atom. The van der Waals surface area contributed by atoms with Crippen LogP contribution in [0.2, 0.25) is 5.02 Å². The van der Waals surface area contributed by atoms with E-state index in [4.69, 9.17) is 21.1 Å². The average molecular weight is 317 g/mol. The smallest absolute Gasteiger partial charge is 0.0992 e. The zero-order valence-electron chi connectivity index (χ0n) is 11.7. The summed E-state index contributed by atoms with van der Waals surface area (Å²) >= 11 is 7.71. The van der Waals surface area contributed by atoms with Crippen LogP contribution in [0.15, 0.2) is 29.2 Å². The Labute approximate surface area is 129 Å². The molecule has 1 aromatic rings. The summed E-state index contributed by atoms with van der Waals surface area (Å²) < 4.78 is 11.3. The third-order valence-electron chi connectivity index (χ3n) is 3.61. The lowest BCUT2D eigenvalue weighted by Gasteiger charge is -2.40. The van der Waals surface area contributed by atoms with Crippen molar-refractivity contribution >= 4 is 23.4 Å². The van der Waals surface area contributed by atoms with Gasteiger partial charge in [-0.25, -0.2) is 0 Å². The van der Waals surface area contributed by atoms with Gasteiger partial charge in [-0.3, -0.25) is 0 Å². The second kappa shape index (κ2) is 7.66. The zero-order valence-corrected chi connectivity index (χ0v) is 13.3. The Bertz CT molecular complexity index is 416. The average Bonchev–Trinajstić information content (AvgIpc) is 2.47. The van der Waals surface area contributed by atoms with E-state index in [1.165, 1.54) is 0 Å². The molecule has 0 amide bonds. The van der Waals surface area contributed by atoms with Crippen LogP contribution >= 0.6 is 23.4 Å². The van der Waals surface area contributed by atoms with E-state index >= 15 is 0 Å². The number of aliphatic hydroxyl groups is 1. The van der Waals surface area contributed by atoms with Crippen molar-refractivity contribution in [2.75, 3.05) is 25.6 Å². The van der Waals surface area contributed by atoms with E-state index in [9.17, 15) is 5.11 Å². The van der Waals surface area contributed by atoms with E-state index in [0.29, 0.717) is 25.6 Å². The third kappa shape index (κ3) is 3.89. The van der Waals surface area contributed by atoms with Crippen molar-refractivity contribution < 1.29 is 14.6 Å². The largest absolute Gasteiger partial charge is 0.389 e. The van der Waals surface area contributed by atoms with Gasteiger partial charge in [0, 0.05) is 43.3 Å². The molecular formula is C15H21ClO3S. The van der Waals surface area contributed by atoms with Crippen LogP contribution in [0.25, 0.3) is 0 Å². The molecule has 1 fully saturated rings. The fraction of sp³-hybridized carbons (Fsp3) is 0.600. The van der Waals surface area contributed by atoms with Crippen molar-refractivity contribution in [3.05, 3.63) is 29.3 Å². The summed E-state index contributed by atoms with van der Waals surface area (Å²) in [5, 5.41) is 11.3. The van der Waals surface area contributed by atoms with Gasteiger partial charge in [-0.2, -0.15) is 0 Å². The van der Waals surface area contributed by atoms with E-state index in [-0.39, 0.29) is 0 Å². The quantitative estimate of drug-likeness (QED) is 0.817. The number of halogens is 1. The van der Waals surface area contributed by atoms with Crippen molar-refractivity contribution in [1.29, 1.82) is 0 Å². The minimum atomic E-state index is -0.521. The van der Waals surface area contributed by atoms with Crippen LogP contribution in [0.1, 0.15) is 19.8 Å². The van der Waals surface area contributed by atoms with Gasteiger partial charge in [0.05, 0.1) is 16.7 Å². The molecule has 2 rings (SSSR count). The fourth-order valence-corrected chi connectivity index (χ4v) is 3.78. The van der Waals surface area contributed by atoms with Crippen LogP contribution < -0.4 is 0 Å². The minimum absolute atomic E-state index is 0.471. The molecule has 0 spiro atoms. The summed E-state index contributed by atoms with van der Waals surface area (Å²) in [5.41, 5.74) is -0.471. The molecule has 1 N–H and O–H groups in total. The number of benzene rings is 1. The van der Waals surface area contributed by atoms with Crippen LogP contribution in [0.3, 0.4) is 0 Å². The van der Waals surface area contributed by atoms with E-state index in [1.54, 1.807) is 11.8 Å². The van der Waals surface area contributed by atoms with E-state index in [1.807, 2.05) is 31.2 Å². The lowest BCUT2D eigenvalue weighted by Crippen LogP contribution is -2.50. The second-order valence-electron chi connectivity index (χ2n) is 4.87. The van der Waals surface area contributed by atoms with Gasteiger partial charge in [0.2, 0.25) is 0 Å². The summed E-state index contributed by atoms with van der Waals surface area (Å²) in [6.07, 6.45) is 0.962. The molecule has 0 saturated carbocycles. The molecule has 0 bridgehead atoms. The van der Waals surface area contributed by atoms with Crippen molar-refractivity contribution in [2.45, 2.75) is 36.4 Å². The van der Waals surface area contributed by atoms with E-state index < -0.39 is 11.7 Å². The van der Waals surface area contributed by atoms with Gasteiger partial charge >= 0.3 is 0 Å². The molecule has 3 nitrogen and oxygen atoms in total. The summed E-state index contributed by atoms with van der Waals surface area (Å²) in [4.78, 5) is 0.993. The van der Waals surface area contributed by atoms with Crippen molar-refractivity contribution in [3.8, 4) is 0 Å². The first-order valence-electron chi connectivity index (χ1n) is 6.95. The van der Waals surface area contributed by atoms with E-state index in [0.717, 1.165) is 22.8 Å². The molecule has 0 radical (unpaired) electrons. The molecule has 1 atom stereocenters. The summed E-state index contributed by atoms with van der Waals surface area (Å²) in [7, 11) is 0. The number of thioether (sulfide) groups is 1. The van der Waals surface area contributed by atoms with Crippen LogP contribution in [-0.4, -0.2) is 42.4 Å². The Hall–Kier alpha value is -0.260. The van der Waals surface area contributed by atoms with Gasteiger partial charge in [-0.05, 0) is 19.1 Å². The lowest BCUT2D eigenvalue weighted by molar-refractivity contribution is -0.159. The summed E-state index contributed by atoms with van der Waals surface area (Å²) in [6, 6.07) is 7.69. The van der Waals surface area contributed by atoms with Crippen LogP contribution in [-0.2, 0) is 9.47 Å². The first-order valence-corrected chi connectivity index (χ1v) is 8.31. The first kappa shape index (κ1) is 16.1. The maximum Gasteiger partial charge on any atom is 0.0992 e. The highest BCUT2D eigenvalue weighted by Gasteiger charge is 2.40. The molecule has 112 valence electrons. The van der Waals surface area contributed by atoms with Gasteiger partial charge in [-0.15, -0.1) is 11.8 Å². The second-order valence-corrected chi connectivity index (χ2v) is 6.34. The Balaban J connectivity index is 1.98. The van der Waals surface area contributed by atoms with Gasteiger partial charge in [-0.1, -0.05) is 23.7 Å². The predicted molar refractivity (Wildman–Crippen MR) is 82.6 cm³/mol. The zero-order chi connectivity index (χ0) is 14.4. The topological polar surface area (TPSA) is 38.7 Å². The molecule has 1 unspecified atom stereocenters. The SMILES string of the molecule is CCOC1(C(O)CSc2ccccc2Cl)CCOCC1. The molecule has 1 aliphatic rings. The van der Waals surface area contributed by atoms with Gasteiger partial charge in [0.15, 0.2) is 0 Å². The van der Waals surface area contributed by atoms with Gasteiger partial charge < -0.3 is 14.6 Å². The van der Waals surface area contributed by atoms with Crippen molar-refractivity contribution in [1.82, 2.24) is 0 Å². The Morgan fingerprint density at radius 2 is 2.10 bits per heavy atom. The summed E-state index contributed by atoms with van der Waals surface area (Å²) in [5.74, 6) is 0.573. The standard InChI is InChI=1S/C15H21ClO3S/c1-2-19-15(7-9-18-10-8-15)14(17)11-20-13-6-4-3-5-12(13)16/h3-6,14,17H,2,7-11H2,1H3. The van der Waals surface area contributed by atoms with Gasteiger partial charge in [0.1, 0.15) is 0 Å². The predicted octanol–water partition coefficient (Wildman–Crippen LogP) is 3.38. The monoisotopic (exact) mass is 316 g/mol. The number of hydrogen-bond acceptors (Lipinski definition) is 4. The molecule has 0 aromatic heterocycles. The Morgan fingerprint density at radius 3 is 2.75 bits per heavy atom. The molecule has 1 heterocycles. The van der Waals surface area contributed by atoms with E-state index in [2.05, 4.69) is 0 Å². The van der Waals surface area contributed by atoms with Gasteiger partial charge in [0.25, 0.3) is 0 Å². The molecule has 0 aliphatic carbocycles. The number of ether oxygens (including phenoxy) is 2. The molecule has 1 aliphatic heterocycles. The highest BCUT2D eigenvalue weighted by Crippen LogP contribution is 2.34. The first-order chi connectivity index (χ1) is 9.68. The molecule has 1 aromatic carbocycles.